The summed E-state index contributed by atoms with van der Waals surface area (Å²) in [5.74, 6) is 1.36. The molecular weight excluding hydrogens is 250 g/mol. The van der Waals surface area contributed by atoms with Crippen molar-refractivity contribution in [2.24, 2.45) is 0 Å². The number of carbonyl (C=O) groups excluding carboxylic acids is 1. The van der Waals surface area contributed by atoms with Crippen molar-refractivity contribution in [1.29, 1.82) is 0 Å². The summed E-state index contributed by atoms with van der Waals surface area (Å²) in [7, 11) is 0. The van der Waals surface area contributed by atoms with Crippen molar-refractivity contribution in [3.05, 3.63) is 72.0 Å². The van der Waals surface area contributed by atoms with Gasteiger partial charge in [0.1, 0.15) is 11.5 Å². The van der Waals surface area contributed by atoms with Crippen molar-refractivity contribution in [2.75, 3.05) is 6.54 Å². The van der Waals surface area contributed by atoms with E-state index in [0.29, 0.717) is 12.3 Å². The van der Waals surface area contributed by atoms with E-state index >= 15 is 0 Å². The maximum atomic E-state index is 11.1. The van der Waals surface area contributed by atoms with Gasteiger partial charge in [0.25, 0.3) is 0 Å². The van der Waals surface area contributed by atoms with Crippen LogP contribution in [0.2, 0.25) is 0 Å². The lowest BCUT2D eigenvalue weighted by Crippen LogP contribution is -2.24. The SMILES string of the molecule is CC(=O)NC/C(=C/c1ccccc1)Oc1ccccc1. The molecule has 2 aromatic rings. The van der Waals surface area contributed by atoms with Gasteiger partial charge in [-0.15, -0.1) is 0 Å². The Morgan fingerprint density at radius 2 is 1.65 bits per heavy atom. The predicted molar refractivity (Wildman–Crippen MR) is 80.2 cm³/mol. The van der Waals surface area contributed by atoms with Crippen LogP contribution in [-0.2, 0) is 4.79 Å². The molecule has 0 heterocycles. The van der Waals surface area contributed by atoms with Crippen molar-refractivity contribution in [2.45, 2.75) is 6.92 Å². The normalized spacial score (nSPS) is 10.9. The van der Waals surface area contributed by atoms with Crippen LogP contribution in [0, 0.1) is 0 Å². The highest BCUT2D eigenvalue weighted by atomic mass is 16.5. The molecule has 0 fully saturated rings. The molecule has 1 N–H and O–H groups in total. The molecule has 3 heteroatoms. The van der Waals surface area contributed by atoms with E-state index in [0.717, 1.165) is 11.3 Å². The van der Waals surface area contributed by atoms with Crippen LogP contribution in [0.3, 0.4) is 0 Å². The number of carbonyl (C=O) groups is 1. The molecule has 3 nitrogen and oxygen atoms in total. The molecule has 1 amide bonds. The lowest BCUT2D eigenvalue weighted by molar-refractivity contribution is -0.118. The molecule has 0 radical (unpaired) electrons. The number of ether oxygens (including phenoxy) is 1. The number of amides is 1. The third-order valence-electron chi connectivity index (χ3n) is 2.63. The minimum atomic E-state index is -0.0828. The molecule has 0 atom stereocenters. The maximum absolute atomic E-state index is 11.1. The molecule has 20 heavy (non-hydrogen) atoms. The van der Waals surface area contributed by atoms with E-state index in [-0.39, 0.29) is 5.91 Å². The lowest BCUT2D eigenvalue weighted by atomic mass is 10.2. The second-order valence-electron chi connectivity index (χ2n) is 4.35. The molecule has 2 rings (SSSR count). The van der Waals surface area contributed by atoms with Gasteiger partial charge in [-0.2, -0.15) is 0 Å². The Bertz CT molecular complexity index is 576. The first-order chi connectivity index (χ1) is 9.74. The van der Waals surface area contributed by atoms with Gasteiger partial charge in [-0.1, -0.05) is 48.5 Å². The predicted octanol–water partition coefficient (Wildman–Crippen LogP) is 3.24. The number of hydrogen-bond donors (Lipinski definition) is 1. The Morgan fingerprint density at radius 1 is 1.05 bits per heavy atom. The van der Waals surface area contributed by atoms with E-state index in [1.807, 2.05) is 66.7 Å². The largest absolute Gasteiger partial charge is 0.460 e. The minimum absolute atomic E-state index is 0.0828. The fourth-order valence-corrected chi connectivity index (χ4v) is 1.70. The number of rotatable bonds is 5. The lowest BCUT2D eigenvalue weighted by Gasteiger charge is -2.11. The summed E-state index contributed by atoms with van der Waals surface area (Å²) >= 11 is 0. The Kier molecular flexibility index (Phi) is 4.95. The molecule has 0 aliphatic heterocycles. The van der Waals surface area contributed by atoms with Crippen LogP contribution in [0.5, 0.6) is 5.75 Å². The van der Waals surface area contributed by atoms with Crippen molar-refractivity contribution in [3.63, 3.8) is 0 Å². The summed E-state index contributed by atoms with van der Waals surface area (Å²) in [5, 5.41) is 2.75. The van der Waals surface area contributed by atoms with Crippen LogP contribution in [0.1, 0.15) is 12.5 Å². The van der Waals surface area contributed by atoms with Crippen LogP contribution in [-0.4, -0.2) is 12.5 Å². The summed E-state index contributed by atoms with van der Waals surface area (Å²) in [4.78, 5) is 11.1. The number of hydrogen-bond acceptors (Lipinski definition) is 2. The van der Waals surface area contributed by atoms with Gasteiger partial charge in [0.15, 0.2) is 0 Å². The third-order valence-corrected chi connectivity index (χ3v) is 2.63. The first-order valence-corrected chi connectivity index (χ1v) is 6.47. The number of benzene rings is 2. The Labute approximate surface area is 118 Å². The van der Waals surface area contributed by atoms with E-state index in [1.165, 1.54) is 6.92 Å². The fourth-order valence-electron chi connectivity index (χ4n) is 1.70. The molecule has 0 bridgehead atoms. The van der Waals surface area contributed by atoms with Gasteiger partial charge in [-0.05, 0) is 23.8 Å². The number of para-hydroxylation sites is 1. The van der Waals surface area contributed by atoms with Gasteiger partial charge in [0.2, 0.25) is 5.91 Å². The smallest absolute Gasteiger partial charge is 0.217 e. The third kappa shape index (κ3) is 4.61. The summed E-state index contributed by atoms with van der Waals surface area (Å²) in [6, 6.07) is 19.4. The molecule has 0 saturated heterocycles. The fraction of sp³-hybridized carbons (Fsp3) is 0.118. The second-order valence-corrected chi connectivity index (χ2v) is 4.35. The molecule has 0 aliphatic carbocycles. The van der Waals surface area contributed by atoms with Crippen LogP contribution in [0.4, 0.5) is 0 Å². The molecule has 102 valence electrons. The second kappa shape index (κ2) is 7.14. The van der Waals surface area contributed by atoms with E-state index in [4.69, 9.17) is 4.74 Å². The minimum Gasteiger partial charge on any atom is -0.460 e. The zero-order valence-electron chi connectivity index (χ0n) is 11.4. The van der Waals surface area contributed by atoms with E-state index in [1.54, 1.807) is 0 Å². The van der Waals surface area contributed by atoms with Crippen LogP contribution < -0.4 is 10.1 Å². The van der Waals surface area contributed by atoms with Gasteiger partial charge in [-0.25, -0.2) is 0 Å². The molecule has 2 aromatic carbocycles. The Hall–Kier alpha value is -2.55. The Balaban J connectivity index is 2.16. The van der Waals surface area contributed by atoms with Gasteiger partial charge >= 0.3 is 0 Å². The molecular formula is C17H17NO2. The summed E-state index contributed by atoms with van der Waals surface area (Å²) in [6.07, 6.45) is 1.92. The molecule has 0 aliphatic rings. The first-order valence-electron chi connectivity index (χ1n) is 6.47. The monoisotopic (exact) mass is 267 g/mol. The molecule has 0 unspecified atom stereocenters. The van der Waals surface area contributed by atoms with Gasteiger partial charge in [-0.3, -0.25) is 4.79 Å². The number of nitrogens with one attached hydrogen (secondary N) is 1. The standard InChI is InChI=1S/C17H17NO2/c1-14(19)18-13-17(12-15-8-4-2-5-9-15)20-16-10-6-3-7-11-16/h2-12H,13H2,1H3,(H,18,19)/b17-12-. The zero-order chi connectivity index (χ0) is 14.2. The molecule has 0 saturated carbocycles. The van der Waals surface area contributed by atoms with Gasteiger partial charge in [0.05, 0.1) is 6.54 Å². The summed E-state index contributed by atoms with van der Waals surface area (Å²) < 4.78 is 5.82. The quantitative estimate of drug-likeness (QED) is 0.845. The van der Waals surface area contributed by atoms with Crippen molar-refractivity contribution in [1.82, 2.24) is 5.32 Å². The van der Waals surface area contributed by atoms with Crippen LogP contribution in [0.25, 0.3) is 6.08 Å². The maximum Gasteiger partial charge on any atom is 0.217 e. The van der Waals surface area contributed by atoms with E-state index < -0.39 is 0 Å². The van der Waals surface area contributed by atoms with Crippen molar-refractivity contribution < 1.29 is 9.53 Å². The van der Waals surface area contributed by atoms with Crippen LogP contribution >= 0.6 is 0 Å². The van der Waals surface area contributed by atoms with Crippen molar-refractivity contribution >= 4 is 12.0 Å². The first kappa shape index (κ1) is 13.9. The summed E-state index contributed by atoms with van der Waals surface area (Å²) in [6.45, 7) is 1.85. The highest BCUT2D eigenvalue weighted by Crippen LogP contribution is 2.14. The highest BCUT2D eigenvalue weighted by molar-refractivity contribution is 5.73. The van der Waals surface area contributed by atoms with Gasteiger partial charge in [0, 0.05) is 6.92 Å². The van der Waals surface area contributed by atoms with E-state index in [9.17, 15) is 4.79 Å². The average molecular weight is 267 g/mol. The zero-order valence-corrected chi connectivity index (χ0v) is 11.4. The average Bonchev–Trinajstić information content (AvgIpc) is 2.47. The Morgan fingerprint density at radius 3 is 2.25 bits per heavy atom. The molecule has 0 aromatic heterocycles. The van der Waals surface area contributed by atoms with E-state index in [2.05, 4.69) is 5.32 Å². The van der Waals surface area contributed by atoms with Crippen LogP contribution in [0.15, 0.2) is 66.4 Å². The topological polar surface area (TPSA) is 38.3 Å². The van der Waals surface area contributed by atoms with Crippen molar-refractivity contribution in [3.8, 4) is 5.75 Å². The summed E-state index contributed by atoms with van der Waals surface area (Å²) in [5.41, 5.74) is 1.03. The molecule has 0 spiro atoms. The highest BCUT2D eigenvalue weighted by Gasteiger charge is 2.02. The van der Waals surface area contributed by atoms with Gasteiger partial charge < -0.3 is 10.1 Å².